The van der Waals surface area contributed by atoms with Crippen molar-refractivity contribution in [2.45, 2.75) is 0 Å². The molecule has 3 aromatic rings. The fourth-order valence-corrected chi connectivity index (χ4v) is 2.09. The summed E-state index contributed by atoms with van der Waals surface area (Å²) in [6.07, 6.45) is 1.89. The van der Waals surface area contributed by atoms with E-state index in [0.29, 0.717) is 0 Å². The molecular formula is C12H9ClN2. The van der Waals surface area contributed by atoms with Crippen LogP contribution in [-0.2, 0) is 0 Å². The van der Waals surface area contributed by atoms with Gasteiger partial charge >= 0.3 is 0 Å². The predicted octanol–water partition coefficient (Wildman–Crippen LogP) is 3.82. The topological polar surface area (TPSA) is 31.6 Å². The van der Waals surface area contributed by atoms with Crippen molar-refractivity contribution < 1.29 is 0 Å². The first-order chi connectivity index (χ1) is 7.36. The first-order valence-corrected chi connectivity index (χ1v) is 5.14. The number of hydrogen-bond donors (Lipinski definition) is 2. The third-order valence-electron chi connectivity index (χ3n) is 2.51. The van der Waals surface area contributed by atoms with Gasteiger partial charge in [-0.1, -0.05) is 29.8 Å². The standard InChI is InChI=1S/C12H9ClN2/c13-11-8-4-1-2-5-9(8)15-12(11)10-6-3-7-14-10/h1-7,14-15H. The van der Waals surface area contributed by atoms with Gasteiger partial charge in [0.2, 0.25) is 0 Å². The van der Waals surface area contributed by atoms with E-state index in [0.717, 1.165) is 27.3 Å². The van der Waals surface area contributed by atoms with Gasteiger partial charge in [0.1, 0.15) is 0 Å². The first-order valence-electron chi connectivity index (χ1n) is 4.76. The molecular weight excluding hydrogens is 208 g/mol. The Morgan fingerprint density at radius 3 is 2.60 bits per heavy atom. The summed E-state index contributed by atoms with van der Waals surface area (Å²) in [4.78, 5) is 6.44. The molecule has 2 nitrogen and oxygen atoms in total. The maximum absolute atomic E-state index is 6.30. The lowest BCUT2D eigenvalue weighted by Gasteiger charge is -1.93. The van der Waals surface area contributed by atoms with Crippen LogP contribution in [0.2, 0.25) is 5.02 Å². The number of halogens is 1. The van der Waals surface area contributed by atoms with Crippen molar-refractivity contribution >= 4 is 22.5 Å². The van der Waals surface area contributed by atoms with Crippen LogP contribution in [0.15, 0.2) is 42.6 Å². The maximum Gasteiger partial charge on any atom is 0.0819 e. The van der Waals surface area contributed by atoms with Crippen LogP contribution < -0.4 is 0 Å². The Morgan fingerprint density at radius 1 is 1.00 bits per heavy atom. The molecule has 0 saturated carbocycles. The Morgan fingerprint density at radius 2 is 1.87 bits per heavy atom. The number of para-hydroxylation sites is 1. The van der Waals surface area contributed by atoms with Gasteiger partial charge in [-0.25, -0.2) is 0 Å². The summed E-state index contributed by atoms with van der Waals surface area (Å²) in [7, 11) is 0. The first kappa shape index (κ1) is 8.62. The van der Waals surface area contributed by atoms with Gasteiger partial charge in [-0.2, -0.15) is 0 Å². The number of fused-ring (bicyclic) bond motifs is 1. The van der Waals surface area contributed by atoms with Crippen molar-refractivity contribution in [3.63, 3.8) is 0 Å². The van der Waals surface area contributed by atoms with Crippen LogP contribution in [0.4, 0.5) is 0 Å². The van der Waals surface area contributed by atoms with Crippen molar-refractivity contribution in [1.29, 1.82) is 0 Å². The highest BCUT2D eigenvalue weighted by molar-refractivity contribution is 6.38. The van der Waals surface area contributed by atoms with E-state index < -0.39 is 0 Å². The highest BCUT2D eigenvalue weighted by Crippen LogP contribution is 2.33. The molecule has 0 saturated heterocycles. The zero-order valence-electron chi connectivity index (χ0n) is 7.92. The summed E-state index contributed by atoms with van der Waals surface area (Å²) in [5.74, 6) is 0. The minimum absolute atomic E-state index is 0.771. The van der Waals surface area contributed by atoms with Crippen LogP contribution in [0.5, 0.6) is 0 Å². The van der Waals surface area contributed by atoms with Gasteiger partial charge in [0.15, 0.2) is 0 Å². The smallest absolute Gasteiger partial charge is 0.0819 e. The third-order valence-corrected chi connectivity index (χ3v) is 2.90. The lowest BCUT2D eigenvalue weighted by Crippen LogP contribution is -1.76. The highest BCUT2D eigenvalue weighted by atomic mass is 35.5. The zero-order chi connectivity index (χ0) is 10.3. The van der Waals surface area contributed by atoms with E-state index in [9.17, 15) is 0 Å². The summed E-state index contributed by atoms with van der Waals surface area (Å²) < 4.78 is 0. The number of nitrogens with one attached hydrogen (secondary N) is 2. The van der Waals surface area contributed by atoms with Crippen LogP contribution >= 0.6 is 11.6 Å². The van der Waals surface area contributed by atoms with Gasteiger partial charge in [-0.05, 0) is 18.2 Å². The van der Waals surface area contributed by atoms with E-state index in [4.69, 9.17) is 11.6 Å². The molecule has 0 aliphatic carbocycles. The molecule has 0 bridgehead atoms. The van der Waals surface area contributed by atoms with Crippen molar-refractivity contribution in [2.24, 2.45) is 0 Å². The molecule has 0 atom stereocenters. The van der Waals surface area contributed by atoms with Gasteiger partial charge < -0.3 is 9.97 Å². The Kier molecular flexibility index (Phi) is 1.82. The molecule has 2 aromatic heterocycles. The maximum atomic E-state index is 6.30. The van der Waals surface area contributed by atoms with Crippen LogP contribution in [0.25, 0.3) is 22.3 Å². The molecule has 2 heterocycles. The summed E-state index contributed by atoms with van der Waals surface area (Å²) in [5.41, 5.74) is 3.02. The number of aromatic amines is 2. The molecule has 0 fully saturated rings. The van der Waals surface area contributed by atoms with E-state index in [1.807, 2.05) is 42.6 Å². The Hall–Kier alpha value is -1.67. The van der Waals surface area contributed by atoms with Gasteiger partial charge in [0, 0.05) is 17.1 Å². The van der Waals surface area contributed by atoms with Gasteiger partial charge in [-0.15, -0.1) is 0 Å². The number of hydrogen-bond acceptors (Lipinski definition) is 0. The molecule has 0 aliphatic rings. The van der Waals surface area contributed by atoms with Crippen LogP contribution in [-0.4, -0.2) is 9.97 Å². The van der Waals surface area contributed by atoms with Crippen molar-refractivity contribution in [3.05, 3.63) is 47.6 Å². The van der Waals surface area contributed by atoms with Gasteiger partial charge in [0.05, 0.1) is 16.4 Å². The van der Waals surface area contributed by atoms with E-state index in [1.54, 1.807) is 0 Å². The van der Waals surface area contributed by atoms with E-state index in [1.165, 1.54) is 0 Å². The summed E-state index contributed by atoms with van der Waals surface area (Å²) in [5, 5.41) is 1.83. The molecule has 1 aromatic carbocycles. The van der Waals surface area contributed by atoms with Crippen LogP contribution in [0, 0.1) is 0 Å². The second-order valence-corrected chi connectivity index (χ2v) is 3.82. The third kappa shape index (κ3) is 1.26. The molecule has 0 radical (unpaired) electrons. The summed E-state index contributed by atoms with van der Waals surface area (Å²) in [6, 6.07) is 12.0. The van der Waals surface area contributed by atoms with E-state index >= 15 is 0 Å². The summed E-state index contributed by atoms with van der Waals surface area (Å²) >= 11 is 6.30. The highest BCUT2D eigenvalue weighted by Gasteiger charge is 2.10. The van der Waals surface area contributed by atoms with Gasteiger partial charge in [0.25, 0.3) is 0 Å². The Balaban J connectivity index is 2.33. The second-order valence-electron chi connectivity index (χ2n) is 3.44. The fourth-order valence-electron chi connectivity index (χ4n) is 1.78. The molecule has 0 unspecified atom stereocenters. The molecule has 3 rings (SSSR count). The van der Waals surface area contributed by atoms with E-state index in [2.05, 4.69) is 9.97 Å². The monoisotopic (exact) mass is 216 g/mol. The van der Waals surface area contributed by atoms with E-state index in [-0.39, 0.29) is 0 Å². The van der Waals surface area contributed by atoms with Crippen molar-refractivity contribution in [1.82, 2.24) is 9.97 Å². The molecule has 15 heavy (non-hydrogen) atoms. The average Bonchev–Trinajstić information content (AvgIpc) is 2.87. The average molecular weight is 217 g/mol. The lowest BCUT2D eigenvalue weighted by atomic mass is 10.2. The molecule has 0 amide bonds. The molecule has 2 N–H and O–H groups in total. The number of aromatic nitrogens is 2. The second kappa shape index (κ2) is 3.17. The molecule has 74 valence electrons. The van der Waals surface area contributed by atoms with Crippen LogP contribution in [0.1, 0.15) is 0 Å². The molecule has 0 spiro atoms. The minimum atomic E-state index is 0.771. The number of benzene rings is 1. The summed E-state index contributed by atoms with van der Waals surface area (Å²) in [6.45, 7) is 0. The zero-order valence-corrected chi connectivity index (χ0v) is 8.68. The quantitative estimate of drug-likeness (QED) is 0.620. The normalized spacial score (nSPS) is 11.0. The van der Waals surface area contributed by atoms with Crippen LogP contribution in [0.3, 0.4) is 0 Å². The SMILES string of the molecule is Clc1c(-c2ccc[nH]2)[nH]c2ccccc12. The molecule has 3 heteroatoms. The number of rotatable bonds is 1. The Bertz CT molecular complexity index is 593. The Labute approximate surface area is 91.9 Å². The number of H-pyrrole nitrogens is 2. The minimum Gasteiger partial charge on any atom is -0.360 e. The fraction of sp³-hybridized carbons (Fsp3) is 0. The van der Waals surface area contributed by atoms with Gasteiger partial charge in [-0.3, -0.25) is 0 Å². The predicted molar refractivity (Wildman–Crippen MR) is 63.1 cm³/mol. The van der Waals surface area contributed by atoms with Crippen molar-refractivity contribution in [3.8, 4) is 11.4 Å². The van der Waals surface area contributed by atoms with Crippen molar-refractivity contribution in [2.75, 3.05) is 0 Å². The largest absolute Gasteiger partial charge is 0.360 e. The molecule has 0 aliphatic heterocycles. The lowest BCUT2D eigenvalue weighted by molar-refractivity contribution is 1.35.